The van der Waals surface area contributed by atoms with E-state index in [9.17, 15) is 13.2 Å². The van der Waals surface area contributed by atoms with Gasteiger partial charge in [-0.1, -0.05) is 11.6 Å². The largest absolute Gasteiger partial charge is 0.465 e. The Labute approximate surface area is 129 Å². The zero-order chi connectivity index (χ0) is 15.9. The molecule has 1 aromatic rings. The summed E-state index contributed by atoms with van der Waals surface area (Å²) in [5.41, 5.74) is 0.0105. The van der Waals surface area contributed by atoms with Crippen molar-refractivity contribution in [1.29, 1.82) is 0 Å². The van der Waals surface area contributed by atoms with E-state index in [1.165, 1.54) is 25.3 Å². The van der Waals surface area contributed by atoms with Crippen LogP contribution in [-0.2, 0) is 19.5 Å². The predicted octanol–water partition coefficient (Wildman–Crippen LogP) is 1.83. The molecule has 0 aliphatic heterocycles. The van der Waals surface area contributed by atoms with Gasteiger partial charge in [-0.3, -0.25) is 0 Å². The summed E-state index contributed by atoms with van der Waals surface area (Å²) in [6.45, 7) is 3.18. The first kappa shape index (κ1) is 17.9. The second kappa shape index (κ2) is 8.33. The van der Waals surface area contributed by atoms with Crippen LogP contribution in [0.5, 0.6) is 0 Å². The number of hydrogen-bond donors (Lipinski definition) is 1. The topological polar surface area (TPSA) is 81.7 Å². The Balaban J connectivity index is 2.81. The molecule has 0 fully saturated rings. The van der Waals surface area contributed by atoms with E-state index in [0.29, 0.717) is 19.6 Å². The second-order valence-corrected chi connectivity index (χ2v) is 6.26. The summed E-state index contributed by atoms with van der Waals surface area (Å²) in [5.74, 6) is -0.687. The third-order valence-corrected chi connectivity index (χ3v) is 4.40. The third-order valence-electron chi connectivity index (χ3n) is 2.62. The van der Waals surface area contributed by atoms with E-state index >= 15 is 0 Å². The van der Waals surface area contributed by atoms with E-state index in [2.05, 4.69) is 9.46 Å². The standard InChI is InChI=1S/C13H18ClNO5S/c1-3-20-8-4-7-15-21(17,18)10-5-6-12(14)11(9-10)13(16)19-2/h5-6,9,15H,3-4,7-8H2,1-2H3. The van der Waals surface area contributed by atoms with Gasteiger partial charge in [-0.15, -0.1) is 0 Å². The highest BCUT2D eigenvalue weighted by atomic mass is 35.5. The lowest BCUT2D eigenvalue weighted by molar-refractivity contribution is 0.0600. The molecule has 21 heavy (non-hydrogen) atoms. The number of halogens is 1. The van der Waals surface area contributed by atoms with E-state index in [1.54, 1.807) is 0 Å². The maximum Gasteiger partial charge on any atom is 0.339 e. The van der Waals surface area contributed by atoms with Crippen LogP contribution in [0.25, 0.3) is 0 Å². The van der Waals surface area contributed by atoms with Gasteiger partial charge >= 0.3 is 5.97 Å². The van der Waals surface area contributed by atoms with Crippen molar-refractivity contribution in [2.24, 2.45) is 0 Å². The minimum atomic E-state index is -3.70. The molecule has 0 bridgehead atoms. The average molecular weight is 336 g/mol. The number of hydrogen-bond acceptors (Lipinski definition) is 5. The number of ether oxygens (including phenoxy) is 2. The molecule has 0 aromatic heterocycles. The molecule has 8 heteroatoms. The molecule has 0 aliphatic carbocycles. The SMILES string of the molecule is CCOCCCNS(=O)(=O)c1ccc(Cl)c(C(=O)OC)c1. The molecule has 118 valence electrons. The maximum atomic E-state index is 12.1. The third kappa shape index (κ3) is 5.28. The Morgan fingerprint density at radius 1 is 1.38 bits per heavy atom. The molecule has 1 N–H and O–H groups in total. The summed E-state index contributed by atoms with van der Waals surface area (Å²) in [6, 6.07) is 3.88. The molecule has 0 spiro atoms. The van der Waals surface area contributed by atoms with E-state index in [1.807, 2.05) is 6.92 Å². The Morgan fingerprint density at radius 3 is 2.71 bits per heavy atom. The quantitative estimate of drug-likeness (QED) is 0.579. The van der Waals surface area contributed by atoms with Crippen molar-refractivity contribution in [2.45, 2.75) is 18.2 Å². The maximum absolute atomic E-state index is 12.1. The Hall–Kier alpha value is -1.15. The van der Waals surface area contributed by atoms with Gasteiger partial charge in [-0.2, -0.15) is 0 Å². The molecule has 0 unspecified atom stereocenters. The summed E-state index contributed by atoms with van der Waals surface area (Å²) in [4.78, 5) is 11.5. The fourth-order valence-electron chi connectivity index (χ4n) is 1.55. The summed E-state index contributed by atoms with van der Waals surface area (Å²) < 4.78 is 36.3. The van der Waals surface area contributed by atoms with Crippen LogP contribution in [0.2, 0.25) is 5.02 Å². The molecule has 1 aromatic carbocycles. The van der Waals surface area contributed by atoms with E-state index < -0.39 is 16.0 Å². The van der Waals surface area contributed by atoms with Crippen LogP contribution in [-0.4, -0.2) is 41.3 Å². The molecular formula is C13H18ClNO5S. The molecule has 0 radical (unpaired) electrons. The van der Waals surface area contributed by atoms with Crippen molar-refractivity contribution in [2.75, 3.05) is 26.9 Å². The van der Waals surface area contributed by atoms with Gasteiger partial charge in [-0.25, -0.2) is 17.9 Å². The number of carbonyl (C=O) groups excluding carboxylic acids is 1. The van der Waals surface area contributed by atoms with Gasteiger partial charge in [-0.05, 0) is 31.5 Å². The summed E-state index contributed by atoms with van der Waals surface area (Å²) >= 11 is 5.85. The van der Waals surface area contributed by atoms with Crippen molar-refractivity contribution in [3.8, 4) is 0 Å². The van der Waals surface area contributed by atoms with Gasteiger partial charge in [0.2, 0.25) is 10.0 Å². The van der Waals surface area contributed by atoms with Crippen molar-refractivity contribution in [1.82, 2.24) is 4.72 Å². The van der Waals surface area contributed by atoms with Crippen LogP contribution < -0.4 is 4.72 Å². The average Bonchev–Trinajstić information content (AvgIpc) is 2.46. The monoisotopic (exact) mass is 335 g/mol. The highest BCUT2D eigenvalue weighted by molar-refractivity contribution is 7.89. The number of carbonyl (C=O) groups is 1. The molecule has 0 amide bonds. The molecule has 0 heterocycles. The minimum absolute atomic E-state index is 0.0105. The number of sulfonamides is 1. The van der Waals surface area contributed by atoms with Crippen LogP contribution in [0.3, 0.4) is 0 Å². The van der Waals surface area contributed by atoms with E-state index in [0.717, 1.165) is 0 Å². The molecule has 1 rings (SSSR count). The zero-order valence-corrected chi connectivity index (χ0v) is 13.5. The Kier molecular flexibility index (Phi) is 7.10. The first-order valence-corrected chi connectivity index (χ1v) is 8.23. The van der Waals surface area contributed by atoms with Crippen LogP contribution in [0.4, 0.5) is 0 Å². The fourth-order valence-corrected chi connectivity index (χ4v) is 2.84. The molecule has 0 saturated carbocycles. The normalized spacial score (nSPS) is 11.4. The lowest BCUT2D eigenvalue weighted by Gasteiger charge is -2.09. The minimum Gasteiger partial charge on any atom is -0.465 e. The van der Waals surface area contributed by atoms with Gasteiger partial charge in [0.25, 0.3) is 0 Å². The first-order valence-electron chi connectivity index (χ1n) is 6.37. The number of rotatable bonds is 8. The first-order chi connectivity index (χ1) is 9.92. The molecule has 0 atom stereocenters. The van der Waals surface area contributed by atoms with E-state index in [-0.39, 0.29) is 22.0 Å². The smallest absolute Gasteiger partial charge is 0.339 e. The number of benzene rings is 1. The van der Waals surface area contributed by atoms with Gasteiger partial charge in [0.15, 0.2) is 0 Å². The van der Waals surface area contributed by atoms with Crippen molar-refractivity contribution in [3.05, 3.63) is 28.8 Å². The summed E-state index contributed by atoms with van der Waals surface area (Å²) in [6.07, 6.45) is 0.560. The molecule has 0 aliphatic rings. The Morgan fingerprint density at radius 2 is 2.10 bits per heavy atom. The van der Waals surface area contributed by atoms with Crippen LogP contribution in [0.1, 0.15) is 23.7 Å². The van der Waals surface area contributed by atoms with Gasteiger partial charge < -0.3 is 9.47 Å². The highest BCUT2D eigenvalue weighted by Gasteiger charge is 2.18. The molecule has 6 nitrogen and oxygen atoms in total. The van der Waals surface area contributed by atoms with Crippen molar-refractivity contribution in [3.63, 3.8) is 0 Å². The van der Waals surface area contributed by atoms with Gasteiger partial charge in [0, 0.05) is 19.8 Å². The number of esters is 1. The van der Waals surface area contributed by atoms with Gasteiger partial charge in [0.1, 0.15) is 0 Å². The predicted molar refractivity (Wildman–Crippen MR) is 79.1 cm³/mol. The van der Waals surface area contributed by atoms with Crippen LogP contribution >= 0.6 is 11.6 Å². The van der Waals surface area contributed by atoms with E-state index in [4.69, 9.17) is 16.3 Å². The van der Waals surface area contributed by atoms with Crippen LogP contribution in [0.15, 0.2) is 23.1 Å². The lowest BCUT2D eigenvalue weighted by atomic mass is 10.2. The number of nitrogens with one attached hydrogen (secondary N) is 1. The summed E-state index contributed by atoms with van der Waals surface area (Å²) in [5, 5.41) is 0.136. The van der Waals surface area contributed by atoms with Crippen molar-refractivity contribution < 1.29 is 22.7 Å². The highest BCUT2D eigenvalue weighted by Crippen LogP contribution is 2.21. The Bertz CT molecular complexity index is 588. The second-order valence-electron chi connectivity index (χ2n) is 4.08. The molecular weight excluding hydrogens is 318 g/mol. The fraction of sp³-hybridized carbons (Fsp3) is 0.462. The lowest BCUT2D eigenvalue weighted by Crippen LogP contribution is -2.26. The molecule has 0 saturated heterocycles. The van der Waals surface area contributed by atoms with Crippen molar-refractivity contribution >= 4 is 27.6 Å². The van der Waals surface area contributed by atoms with Gasteiger partial charge in [0.05, 0.1) is 22.6 Å². The van der Waals surface area contributed by atoms with Crippen LogP contribution in [0, 0.1) is 0 Å². The zero-order valence-electron chi connectivity index (χ0n) is 11.9. The number of methoxy groups -OCH3 is 1. The summed E-state index contributed by atoms with van der Waals surface area (Å²) in [7, 11) is -2.50.